The van der Waals surface area contributed by atoms with Crippen LogP contribution in [-0.2, 0) is 6.54 Å². The summed E-state index contributed by atoms with van der Waals surface area (Å²) in [6.45, 7) is 0.476. The van der Waals surface area contributed by atoms with Crippen LogP contribution in [0, 0.1) is 0 Å². The highest BCUT2D eigenvalue weighted by Crippen LogP contribution is 2.06. The summed E-state index contributed by atoms with van der Waals surface area (Å²) >= 11 is 1.59. The topological polar surface area (TPSA) is 92.9 Å². The number of hydrogen-bond donors (Lipinski definition) is 3. The van der Waals surface area contributed by atoms with Crippen molar-refractivity contribution in [3.63, 3.8) is 0 Å². The maximum atomic E-state index is 11.7. The number of nitrogen functional groups attached to an aromatic ring is 1. The predicted molar refractivity (Wildman–Crippen MR) is 65.3 cm³/mol. The Labute approximate surface area is 102 Å². The number of hydrazine groups is 1. The van der Waals surface area contributed by atoms with E-state index in [9.17, 15) is 4.79 Å². The minimum Gasteiger partial charge on any atom is -0.347 e. The Morgan fingerprint density at radius 3 is 3.06 bits per heavy atom. The Hall–Kier alpha value is -1.99. The fourth-order valence-corrected chi connectivity index (χ4v) is 1.88. The second kappa shape index (κ2) is 5.37. The number of rotatable bonds is 4. The molecule has 0 unspecified atom stereocenters. The number of anilines is 1. The number of carbonyl (C=O) groups is 1. The quantitative estimate of drug-likeness (QED) is 0.549. The smallest absolute Gasteiger partial charge is 0.271 e. The van der Waals surface area contributed by atoms with Gasteiger partial charge in [-0.2, -0.15) is 11.3 Å². The van der Waals surface area contributed by atoms with E-state index < -0.39 is 0 Å². The molecule has 0 aliphatic rings. The zero-order valence-corrected chi connectivity index (χ0v) is 9.70. The van der Waals surface area contributed by atoms with Crippen LogP contribution in [0.3, 0.4) is 0 Å². The molecule has 1 amide bonds. The lowest BCUT2D eigenvalue weighted by Crippen LogP contribution is -2.24. The Morgan fingerprint density at radius 1 is 1.47 bits per heavy atom. The third kappa shape index (κ3) is 2.99. The van der Waals surface area contributed by atoms with Gasteiger partial charge in [0.1, 0.15) is 5.69 Å². The molecular weight excluding hydrogens is 238 g/mol. The number of nitrogens with two attached hydrogens (primary N) is 1. The van der Waals surface area contributed by atoms with Gasteiger partial charge < -0.3 is 10.7 Å². The van der Waals surface area contributed by atoms with E-state index >= 15 is 0 Å². The summed E-state index contributed by atoms with van der Waals surface area (Å²) < 4.78 is 0. The van der Waals surface area contributed by atoms with E-state index in [1.165, 1.54) is 12.4 Å². The number of aromatic nitrogens is 2. The predicted octanol–water partition coefficient (Wildman–Crippen LogP) is 0.754. The number of nitrogens with zero attached hydrogens (tertiary/aromatic N) is 2. The molecule has 0 aliphatic heterocycles. The number of amides is 1. The van der Waals surface area contributed by atoms with Crippen molar-refractivity contribution in [1.82, 2.24) is 15.3 Å². The lowest BCUT2D eigenvalue weighted by molar-refractivity contribution is 0.0945. The lowest BCUT2D eigenvalue weighted by Gasteiger charge is -2.04. The summed E-state index contributed by atoms with van der Waals surface area (Å²) in [6.07, 6.45) is 2.83. The monoisotopic (exact) mass is 249 g/mol. The highest BCUT2D eigenvalue weighted by molar-refractivity contribution is 7.07. The highest BCUT2D eigenvalue weighted by atomic mass is 32.1. The summed E-state index contributed by atoms with van der Waals surface area (Å²) in [5.41, 5.74) is 3.63. The fraction of sp³-hybridized carbons (Fsp3) is 0.100. The molecule has 0 aromatic carbocycles. The lowest BCUT2D eigenvalue weighted by atomic mass is 10.3. The molecule has 0 saturated heterocycles. The SMILES string of the molecule is NNc1cncc(C(=O)NCc2ccsc2)n1. The van der Waals surface area contributed by atoms with E-state index in [1.807, 2.05) is 16.8 Å². The molecule has 0 atom stereocenters. The van der Waals surface area contributed by atoms with Crippen LogP contribution in [0.5, 0.6) is 0 Å². The van der Waals surface area contributed by atoms with Crippen molar-refractivity contribution >= 4 is 23.1 Å². The summed E-state index contributed by atoms with van der Waals surface area (Å²) in [6, 6.07) is 1.95. The second-order valence-electron chi connectivity index (χ2n) is 3.25. The first-order chi connectivity index (χ1) is 8.29. The zero-order chi connectivity index (χ0) is 12.1. The average Bonchev–Trinajstić information content (AvgIpc) is 2.89. The van der Waals surface area contributed by atoms with Crippen molar-refractivity contribution in [2.24, 2.45) is 5.84 Å². The van der Waals surface area contributed by atoms with Crippen molar-refractivity contribution in [2.45, 2.75) is 6.54 Å². The molecule has 0 spiro atoms. The van der Waals surface area contributed by atoms with Gasteiger partial charge in [0.25, 0.3) is 5.91 Å². The summed E-state index contributed by atoms with van der Waals surface area (Å²) in [5, 5.41) is 6.68. The fourth-order valence-electron chi connectivity index (χ4n) is 1.21. The molecule has 4 N–H and O–H groups in total. The van der Waals surface area contributed by atoms with E-state index in [1.54, 1.807) is 11.3 Å². The summed E-state index contributed by atoms with van der Waals surface area (Å²) in [4.78, 5) is 19.6. The van der Waals surface area contributed by atoms with E-state index in [4.69, 9.17) is 5.84 Å². The molecule has 2 heterocycles. The van der Waals surface area contributed by atoms with Crippen molar-refractivity contribution in [2.75, 3.05) is 5.43 Å². The molecule has 88 valence electrons. The molecular formula is C10H11N5OS. The molecule has 17 heavy (non-hydrogen) atoms. The maximum Gasteiger partial charge on any atom is 0.271 e. The van der Waals surface area contributed by atoms with E-state index in [-0.39, 0.29) is 11.6 Å². The molecule has 2 aromatic rings. The van der Waals surface area contributed by atoms with E-state index in [2.05, 4.69) is 20.7 Å². The average molecular weight is 249 g/mol. The van der Waals surface area contributed by atoms with Gasteiger partial charge in [0.15, 0.2) is 5.82 Å². The van der Waals surface area contributed by atoms with Gasteiger partial charge in [-0.3, -0.25) is 9.78 Å². The zero-order valence-electron chi connectivity index (χ0n) is 8.88. The van der Waals surface area contributed by atoms with Crippen LogP contribution >= 0.6 is 11.3 Å². The minimum absolute atomic E-state index is 0.232. The van der Waals surface area contributed by atoms with Gasteiger partial charge in [-0.15, -0.1) is 0 Å². The van der Waals surface area contributed by atoms with Gasteiger partial charge in [-0.1, -0.05) is 0 Å². The van der Waals surface area contributed by atoms with E-state index in [0.717, 1.165) is 5.56 Å². The molecule has 7 heteroatoms. The molecule has 0 fully saturated rings. The molecule has 0 saturated carbocycles. The number of hydrogen-bond acceptors (Lipinski definition) is 6. The Kier molecular flexibility index (Phi) is 3.63. The van der Waals surface area contributed by atoms with Crippen molar-refractivity contribution in [3.05, 3.63) is 40.5 Å². The van der Waals surface area contributed by atoms with Crippen LogP contribution < -0.4 is 16.6 Å². The molecule has 6 nitrogen and oxygen atoms in total. The van der Waals surface area contributed by atoms with Crippen molar-refractivity contribution < 1.29 is 4.79 Å². The normalized spacial score (nSPS) is 9.94. The molecule has 2 rings (SSSR count). The van der Waals surface area contributed by atoms with Crippen LogP contribution in [0.1, 0.15) is 16.1 Å². The van der Waals surface area contributed by atoms with Gasteiger partial charge in [-0.25, -0.2) is 10.8 Å². The largest absolute Gasteiger partial charge is 0.347 e. The van der Waals surface area contributed by atoms with Crippen LogP contribution in [0.4, 0.5) is 5.82 Å². The second-order valence-corrected chi connectivity index (χ2v) is 4.03. The summed E-state index contributed by atoms with van der Waals surface area (Å²) in [7, 11) is 0. The molecule has 0 aliphatic carbocycles. The van der Waals surface area contributed by atoms with Crippen LogP contribution in [0.25, 0.3) is 0 Å². The molecule has 0 bridgehead atoms. The van der Waals surface area contributed by atoms with Crippen LogP contribution in [0.2, 0.25) is 0 Å². The molecule has 2 aromatic heterocycles. The van der Waals surface area contributed by atoms with Gasteiger partial charge in [0, 0.05) is 6.54 Å². The Balaban J connectivity index is 1.99. The van der Waals surface area contributed by atoms with Gasteiger partial charge in [-0.05, 0) is 22.4 Å². The van der Waals surface area contributed by atoms with Crippen molar-refractivity contribution in [1.29, 1.82) is 0 Å². The first kappa shape index (κ1) is 11.5. The van der Waals surface area contributed by atoms with Gasteiger partial charge in [0.05, 0.1) is 12.4 Å². The van der Waals surface area contributed by atoms with E-state index in [0.29, 0.717) is 12.4 Å². The van der Waals surface area contributed by atoms with Gasteiger partial charge in [0.2, 0.25) is 0 Å². The standard InChI is InChI=1S/C10H11N5OS/c11-15-9-5-12-4-8(14-9)10(16)13-3-7-1-2-17-6-7/h1-2,4-6H,3,11H2,(H,13,16)(H,14,15). The number of carbonyl (C=O) groups excluding carboxylic acids is 1. The maximum absolute atomic E-state index is 11.7. The van der Waals surface area contributed by atoms with Crippen molar-refractivity contribution in [3.8, 4) is 0 Å². The number of nitrogens with one attached hydrogen (secondary N) is 2. The molecule has 0 radical (unpaired) electrons. The Morgan fingerprint density at radius 2 is 2.35 bits per heavy atom. The first-order valence-electron chi connectivity index (χ1n) is 4.87. The summed E-state index contributed by atoms with van der Waals surface area (Å²) in [5.74, 6) is 5.26. The number of thiophene rings is 1. The minimum atomic E-state index is -0.277. The third-order valence-electron chi connectivity index (χ3n) is 2.05. The first-order valence-corrected chi connectivity index (χ1v) is 5.82. The van der Waals surface area contributed by atoms with Crippen LogP contribution in [0.15, 0.2) is 29.2 Å². The third-order valence-corrected chi connectivity index (χ3v) is 2.78. The van der Waals surface area contributed by atoms with Crippen LogP contribution in [-0.4, -0.2) is 15.9 Å². The highest BCUT2D eigenvalue weighted by Gasteiger charge is 2.08. The Bertz CT molecular complexity index is 499. The van der Waals surface area contributed by atoms with Gasteiger partial charge >= 0.3 is 0 Å².